The van der Waals surface area contributed by atoms with E-state index in [2.05, 4.69) is 23.9 Å². The smallest absolute Gasteiger partial charge is 0.312 e. The van der Waals surface area contributed by atoms with Crippen LogP contribution in [0.5, 0.6) is 0 Å². The normalized spacial score (nSPS) is 22.8. The summed E-state index contributed by atoms with van der Waals surface area (Å²) in [5.74, 6) is -0.131. The number of carbonyl (C=O) groups excluding carboxylic acids is 1. The second-order valence-corrected chi connectivity index (χ2v) is 5.85. The Balaban J connectivity index is 2.52. The van der Waals surface area contributed by atoms with E-state index in [0.717, 1.165) is 13.1 Å². The molecule has 0 aliphatic carbocycles. The Labute approximate surface area is 105 Å². The number of likely N-dealkylation sites (tertiary alicyclic amines) is 1. The Bertz CT molecular complexity index is 266. The van der Waals surface area contributed by atoms with Gasteiger partial charge < -0.3 is 14.5 Å². The summed E-state index contributed by atoms with van der Waals surface area (Å²) in [7, 11) is 5.72. The number of hydrogen-bond acceptors (Lipinski definition) is 4. The summed E-state index contributed by atoms with van der Waals surface area (Å²) in [5.41, 5.74) is -0.431. The average Bonchev–Trinajstić information content (AvgIpc) is 2.27. The molecule has 0 radical (unpaired) electrons. The lowest BCUT2D eigenvalue weighted by Gasteiger charge is -2.38. The Kier molecular flexibility index (Phi) is 4.95. The van der Waals surface area contributed by atoms with Crippen molar-refractivity contribution in [2.24, 2.45) is 5.41 Å². The van der Waals surface area contributed by atoms with E-state index in [-0.39, 0.29) is 5.97 Å². The SMILES string of the molecule is COC(=O)C(C)(C)CN(C)C1CCCN(C)C1. The van der Waals surface area contributed by atoms with Crippen molar-refractivity contribution < 1.29 is 9.53 Å². The fourth-order valence-electron chi connectivity index (χ4n) is 2.59. The van der Waals surface area contributed by atoms with Crippen molar-refractivity contribution in [2.75, 3.05) is 40.8 Å². The monoisotopic (exact) mass is 242 g/mol. The number of methoxy groups -OCH3 is 1. The summed E-state index contributed by atoms with van der Waals surface area (Å²) >= 11 is 0. The van der Waals surface area contributed by atoms with Crippen molar-refractivity contribution in [3.05, 3.63) is 0 Å². The highest BCUT2D eigenvalue weighted by Gasteiger charge is 2.32. The fraction of sp³-hybridized carbons (Fsp3) is 0.923. The molecule has 0 aromatic heterocycles. The van der Waals surface area contributed by atoms with E-state index < -0.39 is 5.41 Å². The fourth-order valence-corrected chi connectivity index (χ4v) is 2.59. The highest BCUT2D eigenvalue weighted by molar-refractivity contribution is 5.76. The molecular formula is C13H26N2O2. The van der Waals surface area contributed by atoms with Crippen LogP contribution < -0.4 is 0 Å². The van der Waals surface area contributed by atoms with Gasteiger partial charge in [-0.3, -0.25) is 4.79 Å². The van der Waals surface area contributed by atoms with Gasteiger partial charge in [-0.25, -0.2) is 0 Å². The maximum absolute atomic E-state index is 11.7. The minimum atomic E-state index is -0.431. The number of likely N-dealkylation sites (N-methyl/N-ethyl adjacent to an activating group) is 2. The molecule has 4 nitrogen and oxygen atoms in total. The van der Waals surface area contributed by atoms with E-state index in [9.17, 15) is 4.79 Å². The number of piperidine rings is 1. The van der Waals surface area contributed by atoms with E-state index in [1.54, 1.807) is 0 Å². The standard InChI is InChI=1S/C13H26N2O2/c1-13(2,12(16)17-5)10-15(4)11-7-6-8-14(3)9-11/h11H,6-10H2,1-5H3. The van der Waals surface area contributed by atoms with E-state index in [1.165, 1.54) is 26.5 Å². The maximum Gasteiger partial charge on any atom is 0.312 e. The molecule has 1 unspecified atom stereocenters. The lowest BCUT2D eigenvalue weighted by Crippen LogP contribution is -2.49. The molecule has 1 atom stereocenters. The van der Waals surface area contributed by atoms with Crippen molar-refractivity contribution in [1.29, 1.82) is 0 Å². The molecule has 4 heteroatoms. The second kappa shape index (κ2) is 5.83. The largest absolute Gasteiger partial charge is 0.469 e. The van der Waals surface area contributed by atoms with Gasteiger partial charge in [0.2, 0.25) is 0 Å². The predicted octanol–water partition coefficient (Wildman–Crippen LogP) is 1.21. The molecule has 0 bridgehead atoms. The highest BCUT2D eigenvalue weighted by atomic mass is 16.5. The second-order valence-electron chi connectivity index (χ2n) is 5.85. The molecule has 0 aromatic rings. The number of hydrogen-bond donors (Lipinski definition) is 0. The van der Waals surface area contributed by atoms with Crippen LogP contribution in [-0.4, -0.2) is 62.7 Å². The van der Waals surface area contributed by atoms with Crippen LogP contribution in [0.4, 0.5) is 0 Å². The summed E-state index contributed by atoms with van der Waals surface area (Å²) in [5, 5.41) is 0. The molecule has 0 amide bonds. The summed E-state index contributed by atoms with van der Waals surface area (Å²) in [4.78, 5) is 16.3. The molecular weight excluding hydrogens is 216 g/mol. The first-order chi connectivity index (χ1) is 7.86. The lowest BCUT2D eigenvalue weighted by atomic mass is 9.91. The third kappa shape index (κ3) is 3.96. The number of ether oxygens (including phenoxy) is 1. The maximum atomic E-state index is 11.7. The predicted molar refractivity (Wildman–Crippen MR) is 68.9 cm³/mol. The molecule has 1 aliphatic rings. The van der Waals surface area contributed by atoms with Gasteiger partial charge in [-0.1, -0.05) is 0 Å². The molecule has 1 aliphatic heterocycles. The zero-order chi connectivity index (χ0) is 13.1. The van der Waals surface area contributed by atoms with Crippen LogP contribution >= 0.6 is 0 Å². The zero-order valence-electron chi connectivity index (χ0n) is 11.8. The molecule has 17 heavy (non-hydrogen) atoms. The molecule has 0 N–H and O–H groups in total. The molecule has 0 spiro atoms. The van der Waals surface area contributed by atoms with E-state index in [0.29, 0.717) is 6.04 Å². The molecule has 1 heterocycles. The minimum absolute atomic E-state index is 0.131. The molecule has 0 saturated carbocycles. The van der Waals surface area contributed by atoms with Gasteiger partial charge in [0, 0.05) is 19.1 Å². The lowest BCUT2D eigenvalue weighted by molar-refractivity contribution is -0.152. The first-order valence-electron chi connectivity index (χ1n) is 6.34. The van der Waals surface area contributed by atoms with Gasteiger partial charge in [0.25, 0.3) is 0 Å². The zero-order valence-corrected chi connectivity index (χ0v) is 11.8. The van der Waals surface area contributed by atoms with Crippen molar-refractivity contribution in [3.63, 3.8) is 0 Å². The Morgan fingerprint density at radius 3 is 2.71 bits per heavy atom. The summed E-state index contributed by atoms with van der Waals surface area (Å²) in [6, 6.07) is 0.553. The molecule has 0 aromatic carbocycles. The van der Waals surface area contributed by atoms with E-state index in [1.807, 2.05) is 13.8 Å². The number of rotatable bonds is 4. The van der Waals surface area contributed by atoms with Crippen LogP contribution in [0.15, 0.2) is 0 Å². The van der Waals surface area contributed by atoms with Crippen LogP contribution in [0.2, 0.25) is 0 Å². The Hall–Kier alpha value is -0.610. The van der Waals surface area contributed by atoms with Gasteiger partial charge in [-0.2, -0.15) is 0 Å². The highest BCUT2D eigenvalue weighted by Crippen LogP contribution is 2.22. The van der Waals surface area contributed by atoms with Gasteiger partial charge in [0.05, 0.1) is 12.5 Å². The summed E-state index contributed by atoms with van der Waals surface area (Å²) in [6.45, 7) is 6.92. The molecule has 100 valence electrons. The van der Waals surface area contributed by atoms with Crippen molar-refractivity contribution >= 4 is 5.97 Å². The van der Waals surface area contributed by atoms with Crippen molar-refractivity contribution in [1.82, 2.24) is 9.80 Å². The topological polar surface area (TPSA) is 32.8 Å². The van der Waals surface area contributed by atoms with Crippen LogP contribution in [0.3, 0.4) is 0 Å². The van der Waals surface area contributed by atoms with Gasteiger partial charge >= 0.3 is 5.97 Å². The molecule has 1 saturated heterocycles. The van der Waals surface area contributed by atoms with Crippen molar-refractivity contribution in [3.8, 4) is 0 Å². The summed E-state index contributed by atoms with van der Waals surface area (Å²) in [6.07, 6.45) is 2.46. The van der Waals surface area contributed by atoms with Crippen LogP contribution in [0, 0.1) is 5.41 Å². The van der Waals surface area contributed by atoms with Gasteiger partial charge in [-0.05, 0) is 47.3 Å². The van der Waals surface area contributed by atoms with Gasteiger partial charge in [0.15, 0.2) is 0 Å². The van der Waals surface area contributed by atoms with Crippen molar-refractivity contribution in [2.45, 2.75) is 32.7 Å². The van der Waals surface area contributed by atoms with Gasteiger partial charge in [-0.15, -0.1) is 0 Å². The third-order valence-corrected chi connectivity index (χ3v) is 3.61. The number of esters is 1. The number of carbonyl (C=O) groups is 1. The molecule has 1 rings (SSSR count). The first kappa shape index (κ1) is 14.5. The average molecular weight is 242 g/mol. The van der Waals surface area contributed by atoms with Crippen LogP contribution in [0.1, 0.15) is 26.7 Å². The first-order valence-corrected chi connectivity index (χ1v) is 6.34. The van der Waals surface area contributed by atoms with Crippen LogP contribution in [-0.2, 0) is 9.53 Å². The summed E-state index contributed by atoms with van der Waals surface area (Å²) < 4.78 is 4.85. The minimum Gasteiger partial charge on any atom is -0.469 e. The third-order valence-electron chi connectivity index (χ3n) is 3.61. The molecule has 1 fully saturated rings. The Morgan fingerprint density at radius 1 is 1.53 bits per heavy atom. The number of nitrogens with zero attached hydrogens (tertiary/aromatic N) is 2. The van der Waals surface area contributed by atoms with Gasteiger partial charge in [0.1, 0.15) is 0 Å². The van der Waals surface area contributed by atoms with E-state index >= 15 is 0 Å². The quantitative estimate of drug-likeness (QED) is 0.694. The Morgan fingerprint density at radius 2 is 2.18 bits per heavy atom. The van der Waals surface area contributed by atoms with Crippen LogP contribution in [0.25, 0.3) is 0 Å². The van der Waals surface area contributed by atoms with E-state index in [4.69, 9.17) is 4.74 Å².